The van der Waals surface area contributed by atoms with Crippen molar-refractivity contribution < 1.29 is 9.59 Å². The summed E-state index contributed by atoms with van der Waals surface area (Å²) >= 11 is 0. The standard InChI is InChI=1S/C13H15N3O2.ClH/c17-12-4-3-11(16-12)13(18)15-9-1-2-10-8(7-9)5-6-14-10;/h1-2,7,11,14H,3-6H2,(H,15,18)(H,16,17);1H/t11-;/m1./s1. The summed E-state index contributed by atoms with van der Waals surface area (Å²) in [7, 11) is 0. The summed E-state index contributed by atoms with van der Waals surface area (Å²) in [5.74, 6) is -0.181. The fraction of sp³-hybridized carbons (Fsp3) is 0.385. The van der Waals surface area contributed by atoms with Crippen molar-refractivity contribution in [3.63, 3.8) is 0 Å². The Hall–Kier alpha value is -1.75. The molecule has 2 aliphatic heterocycles. The van der Waals surface area contributed by atoms with Crippen LogP contribution < -0.4 is 16.0 Å². The van der Waals surface area contributed by atoms with Gasteiger partial charge in [-0.2, -0.15) is 0 Å². The van der Waals surface area contributed by atoms with E-state index in [1.54, 1.807) is 0 Å². The van der Waals surface area contributed by atoms with E-state index in [1.165, 1.54) is 5.56 Å². The Labute approximate surface area is 117 Å². The van der Waals surface area contributed by atoms with Crippen molar-refractivity contribution in [2.24, 2.45) is 0 Å². The maximum absolute atomic E-state index is 11.9. The lowest BCUT2D eigenvalue weighted by Gasteiger charge is -2.11. The first-order valence-corrected chi connectivity index (χ1v) is 6.19. The molecule has 2 heterocycles. The first kappa shape index (κ1) is 13.7. The quantitative estimate of drug-likeness (QED) is 0.765. The highest BCUT2D eigenvalue weighted by Gasteiger charge is 2.27. The van der Waals surface area contributed by atoms with E-state index < -0.39 is 0 Å². The van der Waals surface area contributed by atoms with E-state index in [1.807, 2.05) is 18.2 Å². The molecule has 1 saturated heterocycles. The molecule has 2 amide bonds. The fourth-order valence-corrected chi connectivity index (χ4v) is 2.42. The van der Waals surface area contributed by atoms with Crippen molar-refractivity contribution in [1.29, 1.82) is 0 Å². The third-order valence-electron chi connectivity index (χ3n) is 3.39. The molecule has 0 radical (unpaired) electrons. The van der Waals surface area contributed by atoms with Crippen molar-refractivity contribution in [2.45, 2.75) is 25.3 Å². The van der Waals surface area contributed by atoms with Crippen LogP contribution >= 0.6 is 12.4 Å². The average Bonchev–Trinajstić information content (AvgIpc) is 2.96. The Morgan fingerprint density at radius 2 is 2.16 bits per heavy atom. The van der Waals surface area contributed by atoms with Gasteiger partial charge in [-0.05, 0) is 36.6 Å². The van der Waals surface area contributed by atoms with Crippen molar-refractivity contribution in [3.8, 4) is 0 Å². The minimum Gasteiger partial charge on any atom is -0.384 e. The molecule has 5 nitrogen and oxygen atoms in total. The van der Waals surface area contributed by atoms with Crippen LogP contribution in [0.3, 0.4) is 0 Å². The van der Waals surface area contributed by atoms with Gasteiger partial charge >= 0.3 is 0 Å². The second-order valence-electron chi connectivity index (χ2n) is 4.70. The minimum atomic E-state index is -0.385. The third kappa shape index (κ3) is 2.81. The van der Waals surface area contributed by atoms with Gasteiger partial charge in [0, 0.05) is 24.3 Å². The van der Waals surface area contributed by atoms with E-state index in [9.17, 15) is 9.59 Å². The van der Waals surface area contributed by atoms with Gasteiger partial charge in [-0.25, -0.2) is 0 Å². The molecular formula is C13H16ClN3O2. The van der Waals surface area contributed by atoms with Gasteiger partial charge in [-0.3, -0.25) is 9.59 Å². The Bertz CT molecular complexity index is 519. The molecule has 0 spiro atoms. The van der Waals surface area contributed by atoms with Crippen LogP contribution in [-0.2, 0) is 16.0 Å². The number of hydrogen-bond acceptors (Lipinski definition) is 3. The molecule has 102 valence electrons. The van der Waals surface area contributed by atoms with Gasteiger partial charge in [0.15, 0.2) is 0 Å². The number of anilines is 2. The molecule has 0 aromatic heterocycles. The Kier molecular flexibility index (Phi) is 3.95. The molecule has 3 N–H and O–H groups in total. The molecule has 1 aromatic rings. The van der Waals surface area contributed by atoms with E-state index in [4.69, 9.17) is 0 Å². The number of rotatable bonds is 2. The number of hydrogen-bond donors (Lipinski definition) is 3. The highest BCUT2D eigenvalue weighted by atomic mass is 35.5. The topological polar surface area (TPSA) is 70.2 Å². The van der Waals surface area contributed by atoms with Gasteiger partial charge in [0.2, 0.25) is 11.8 Å². The lowest BCUT2D eigenvalue weighted by Crippen LogP contribution is -2.37. The van der Waals surface area contributed by atoms with E-state index in [0.717, 1.165) is 24.3 Å². The summed E-state index contributed by atoms with van der Waals surface area (Å²) in [5.41, 5.74) is 3.16. The smallest absolute Gasteiger partial charge is 0.246 e. The SMILES string of the molecule is Cl.O=C1CC[C@H](C(=O)Nc2ccc3c(c2)CCN3)N1. The van der Waals surface area contributed by atoms with E-state index >= 15 is 0 Å². The van der Waals surface area contributed by atoms with E-state index in [-0.39, 0.29) is 30.3 Å². The van der Waals surface area contributed by atoms with Crippen molar-refractivity contribution >= 4 is 35.6 Å². The Morgan fingerprint density at radius 3 is 2.89 bits per heavy atom. The second-order valence-corrected chi connectivity index (χ2v) is 4.70. The van der Waals surface area contributed by atoms with Crippen LogP contribution in [0.4, 0.5) is 11.4 Å². The van der Waals surface area contributed by atoms with Crippen molar-refractivity contribution in [2.75, 3.05) is 17.2 Å². The summed E-state index contributed by atoms with van der Waals surface area (Å²) in [6.45, 7) is 0.950. The Balaban J connectivity index is 0.00000133. The summed E-state index contributed by atoms with van der Waals surface area (Å²) in [6, 6.07) is 5.46. The predicted molar refractivity (Wildman–Crippen MR) is 75.7 cm³/mol. The summed E-state index contributed by atoms with van der Waals surface area (Å²) < 4.78 is 0. The zero-order valence-corrected chi connectivity index (χ0v) is 11.2. The van der Waals surface area contributed by atoms with Gasteiger partial charge in [0.05, 0.1) is 0 Å². The monoisotopic (exact) mass is 281 g/mol. The molecule has 2 aliphatic rings. The van der Waals surface area contributed by atoms with E-state index in [2.05, 4.69) is 16.0 Å². The highest BCUT2D eigenvalue weighted by Crippen LogP contribution is 2.25. The molecule has 1 aromatic carbocycles. The molecule has 0 aliphatic carbocycles. The van der Waals surface area contributed by atoms with Crippen molar-refractivity contribution in [1.82, 2.24) is 5.32 Å². The van der Waals surface area contributed by atoms with Gasteiger partial charge < -0.3 is 16.0 Å². The zero-order chi connectivity index (χ0) is 12.5. The van der Waals surface area contributed by atoms with Crippen LogP contribution in [0, 0.1) is 0 Å². The molecule has 1 atom stereocenters. The van der Waals surface area contributed by atoms with Gasteiger partial charge in [0.25, 0.3) is 0 Å². The number of carbonyl (C=O) groups is 2. The van der Waals surface area contributed by atoms with Crippen LogP contribution in [0.5, 0.6) is 0 Å². The van der Waals surface area contributed by atoms with Crippen molar-refractivity contribution in [3.05, 3.63) is 23.8 Å². The first-order chi connectivity index (χ1) is 8.72. The third-order valence-corrected chi connectivity index (χ3v) is 3.39. The lowest BCUT2D eigenvalue weighted by molar-refractivity contribution is -0.122. The maximum Gasteiger partial charge on any atom is 0.246 e. The number of fused-ring (bicyclic) bond motifs is 1. The van der Waals surface area contributed by atoms with Gasteiger partial charge in [-0.1, -0.05) is 0 Å². The number of halogens is 1. The molecule has 6 heteroatoms. The molecule has 0 bridgehead atoms. The van der Waals surface area contributed by atoms with Crippen LogP contribution in [0.2, 0.25) is 0 Å². The average molecular weight is 282 g/mol. The fourth-order valence-electron chi connectivity index (χ4n) is 2.42. The number of carbonyl (C=O) groups excluding carboxylic acids is 2. The highest BCUT2D eigenvalue weighted by molar-refractivity contribution is 5.99. The second kappa shape index (κ2) is 5.48. The molecule has 19 heavy (non-hydrogen) atoms. The normalized spacial score (nSPS) is 20.0. The Morgan fingerprint density at radius 1 is 1.32 bits per heavy atom. The van der Waals surface area contributed by atoms with Gasteiger partial charge in [0.1, 0.15) is 6.04 Å². The minimum absolute atomic E-state index is 0. The van der Waals surface area contributed by atoms with Crippen LogP contribution in [0.1, 0.15) is 18.4 Å². The zero-order valence-electron chi connectivity index (χ0n) is 10.4. The summed E-state index contributed by atoms with van der Waals surface area (Å²) in [4.78, 5) is 23.0. The number of benzene rings is 1. The number of amides is 2. The predicted octanol–water partition coefficient (Wildman–Crippen LogP) is 1.29. The van der Waals surface area contributed by atoms with Crippen LogP contribution in [0.25, 0.3) is 0 Å². The largest absolute Gasteiger partial charge is 0.384 e. The molecule has 3 rings (SSSR count). The van der Waals surface area contributed by atoms with Gasteiger partial charge in [-0.15, -0.1) is 12.4 Å². The number of nitrogens with one attached hydrogen (secondary N) is 3. The maximum atomic E-state index is 11.9. The molecule has 1 fully saturated rings. The molecule has 0 saturated carbocycles. The molecule has 0 unspecified atom stereocenters. The first-order valence-electron chi connectivity index (χ1n) is 6.19. The lowest BCUT2D eigenvalue weighted by atomic mass is 10.1. The summed E-state index contributed by atoms with van der Waals surface area (Å²) in [5, 5.41) is 8.79. The summed E-state index contributed by atoms with van der Waals surface area (Å²) in [6.07, 6.45) is 2.00. The molecular weight excluding hydrogens is 266 g/mol. The van der Waals surface area contributed by atoms with E-state index in [0.29, 0.717) is 12.8 Å². The van der Waals surface area contributed by atoms with Crippen LogP contribution in [0.15, 0.2) is 18.2 Å². The van der Waals surface area contributed by atoms with Crippen LogP contribution in [-0.4, -0.2) is 24.4 Å².